The Hall–Kier alpha value is -5.18. The highest BCUT2D eigenvalue weighted by Crippen LogP contribution is 2.49. The summed E-state index contributed by atoms with van der Waals surface area (Å²) in [5, 5.41) is 19.7. The van der Waals surface area contributed by atoms with Gasteiger partial charge in [-0.1, -0.05) is 36.4 Å². The molecule has 1 aromatic heterocycles. The number of nitrogens with zero attached hydrogens (tertiary/aromatic N) is 4. The van der Waals surface area contributed by atoms with Crippen molar-refractivity contribution in [1.29, 1.82) is 5.26 Å². The van der Waals surface area contributed by atoms with Crippen LogP contribution in [0.2, 0.25) is 0 Å². The maximum atomic E-state index is 14.5. The van der Waals surface area contributed by atoms with Crippen molar-refractivity contribution in [3.05, 3.63) is 113 Å². The number of nitriles is 1. The van der Waals surface area contributed by atoms with Gasteiger partial charge in [0.05, 0.1) is 23.0 Å². The second-order valence-corrected chi connectivity index (χ2v) is 10.6. The molecule has 2 amide bonds. The molecule has 0 radical (unpaired) electrons. The number of halogens is 4. The number of fused-ring (bicyclic) bond motifs is 1. The number of carbonyl (C=O) groups is 2. The molecule has 0 bridgehead atoms. The molecule has 226 valence electrons. The molecule has 1 aliphatic rings. The van der Waals surface area contributed by atoms with Gasteiger partial charge in [-0.15, -0.1) is 0 Å². The van der Waals surface area contributed by atoms with Crippen LogP contribution in [0, 0.1) is 17.3 Å². The topological polar surface area (TPSA) is 103 Å². The molecule has 1 aliphatic heterocycles. The molecule has 3 aromatic carbocycles. The second kappa shape index (κ2) is 11.5. The molecule has 2 N–H and O–H groups in total. The van der Waals surface area contributed by atoms with Crippen LogP contribution in [0.4, 0.5) is 23.4 Å². The number of benzene rings is 3. The van der Waals surface area contributed by atoms with E-state index >= 15 is 0 Å². The van der Waals surface area contributed by atoms with E-state index in [2.05, 4.69) is 10.6 Å². The lowest BCUT2D eigenvalue weighted by molar-refractivity contribution is -0.137. The molecule has 0 aliphatic carbocycles. The van der Waals surface area contributed by atoms with E-state index in [4.69, 9.17) is 5.10 Å². The van der Waals surface area contributed by atoms with Crippen molar-refractivity contribution < 1.29 is 27.2 Å². The summed E-state index contributed by atoms with van der Waals surface area (Å²) in [6, 6.07) is 17.7. The van der Waals surface area contributed by atoms with E-state index in [1.54, 1.807) is 42.8 Å². The third-order valence-corrected chi connectivity index (χ3v) is 7.77. The SMILES string of the molecule is CCN1C(=O)[C@@](C)(NC(=O)c2cccc(C(F)(F)F)c2)[C@@H](c2ccc(F)cc2)c2c([C@@H](C)NC#N)nn(-c3ccccc3)c21. The Kier molecular flexibility index (Phi) is 7.90. The number of aromatic nitrogens is 2. The molecule has 44 heavy (non-hydrogen) atoms. The maximum Gasteiger partial charge on any atom is 0.416 e. The predicted octanol–water partition coefficient (Wildman–Crippen LogP) is 5.85. The van der Waals surface area contributed by atoms with E-state index in [0.717, 1.165) is 18.2 Å². The average molecular weight is 605 g/mol. The van der Waals surface area contributed by atoms with Crippen LogP contribution in [-0.2, 0) is 11.0 Å². The molecule has 3 atom stereocenters. The second-order valence-electron chi connectivity index (χ2n) is 10.6. The Morgan fingerprint density at radius 1 is 1.09 bits per heavy atom. The molecule has 12 heteroatoms. The molecule has 0 spiro atoms. The van der Waals surface area contributed by atoms with Crippen LogP contribution >= 0.6 is 0 Å². The predicted molar refractivity (Wildman–Crippen MR) is 154 cm³/mol. The van der Waals surface area contributed by atoms with Crippen LogP contribution < -0.4 is 15.5 Å². The van der Waals surface area contributed by atoms with Gasteiger partial charge in [-0.2, -0.15) is 23.5 Å². The smallest absolute Gasteiger partial charge is 0.337 e. The average Bonchev–Trinajstić information content (AvgIpc) is 3.38. The van der Waals surface area contributed by atoms with Gasteiger partial charge in [0, 0.05) is 23.6 Å². The number of anilines is 1. The van der Waals surface area contributed by atoms with Gasteiger partial charge in [-0.3, -0.25) is 14.5 Å². The zero-order valence-corrected chi connectivity index (χ0v) is 24.0. The van der Waals surface area contributed by atoms with Crippen LogP contribution in [0.15, 0.2) is 78.9 Å². The fourth-order valence-corrected chi connectivity index (χ4v) is 5.72. The summed E-state index contributed by atoms with van der Waals surface area (Å²) in [4.78, 5) is 29.6. The molecule has 2 heterocycles. The molecule has 0 unspecified atom stereocenters. The van der Waals surface area contributed by atoms with Crippen molar-refractivity contribution in [2.24, 2.45) is 0 Å². The minimum atomic E-state index is -4.68. The van der Waals surface area contributed by atoms with Crippen LogP contribution in [0.3, 0.4) is 0 Å². The van der Waals surface area contributed by atoms with Crippen LogP contribution in [-0.4, -0.2) is 33.7 Å². The number of hydrogen-bond donors (Lipinski definition) is 2. The molecular formula is C32H28F4N6O2. The molecule has 5 rings (SSSR count). The third-order valence-electron chi connectivity index (χ3n) is 7.77. The number of rotatable bonds is 7. The lowest BCUT2D eigenvalue weighted by Gasteiger charge is -2.45. The molecule has 0 saturated heterocycles. The first-order valence-electron chi connectivity index (χ1n) is 13.8. The van der Waals surface area contributed by atoms with Crippen LogP contribution in [0.25, 0.3) is 5.69 Å². The zero-order valence-electron chi connectivity index (χ0n) is 24.0. The molecule has 8 nitrogen and oxygen atoms in total. The zero-order chi connectivity index (χ0) is 31.8. The Morgan fingerprint density at radius 2 is 1.77 bits per heavy atom. The highest BCUT2D eigenvalue weighted by atomic mass is 19.4. The van der Waals surface area contributed by atoms with Gasteiger partial charge >= 0.3 is 6.18 Å². The summed E-state index contributed by atoms with van der Waals surface area (Å²) in [6.07, 6.45) is -2.77. The van der Waals surface area contributed by atoms with Crippen molar-refractivity contribution in [1.82, 2.24) is 20.4 Å². The highest BCUT2D eigenvalue weighted by Gasteiger charge is 2.54. The number of amides is 2. The van der Waals surface area contributed by atoms with E-state index in [9.17, 15) is 32.4 Å². The Morgan fingerprint density at radius 3 is 2.39 bits per heavy atom. The monoisotopic (exact) mass is 604 g/mol. The third kappa shape index (κ3) is 5.25. The normalized spacial score (nSPS) is 18.7. The molecular weight excluding hydrogens is 576 g/mol. The van der Waals surface area contributed by atoms with E-state index < -0.39 is 46.9 Å². The van der Waals surface area contributed by atoms with Crippen molar-refractivity contribution >= 4 is 17.6 Å². The fraction of sp³-hybridized carbons (Fsp3) is 0.250. The Bertz CT molecular complexity index is 1750. The number of para-hydroxylation sites is 1. The van der Waals surface area contributed by atoms with Gasteiger partial charge in [0.2, 0.25) is 0 Å². The largest absolute Gasteiger partial charge is 0.416 e. The number of carbonyl (C=O) groups excluding carboxylic acids is 2. The van der Waals surface area contributed by atoms with Gasteiger partial charge in [0.15, 0.2) is 6.19 Å². The number of alkyl halides is 3. The van der Waals surface area contributed by atoms with Crippen LogP contribution in [0.5, 0.6) is 0 Å². The Balaban J connectivity index is 1.77. The van der Waals surface area contributed by atoms with Gasteiger partial charge in [0.1, 0.15) is 17.2 Å². The van der Waals surface area contributed by atoms with Gasteiger partial charge in [-0.05, 0) is 68.8 Å². The number of hydrogen-bond acceptors (Lipinski definition) is 5. The summed E-state index contributed by atoms with van der Waals surface area (Å²) in [5.74, 6) is -2.57. The van der Waals surface area contributed by atoms with Crippen molar-refractivity contribution in [2.45, 2.75) is 44.4 Å². The van der Waals surface area contributed by atoms with E-state index in [0.29, 0.717) is 28.3 Å². The van der Waals surface area contributed by atoms with Crippen molar-refractivity contribution in [2.75, 3.05) is 11.4 Å². The van der Waals surface area contributed by atoms with Crippen molar-refractivity contribution in [3.8, 4) is 11.9 Å². The summed E-state index contributed by atoms with van der Waals surface area (Å²) in [5.41, 5.74) is -1.13. The molecule has 0 fully saturated rings. The quantitative estimate of drug-likeness (QED) is 0.157. The standard InChI is InChI=1S/C32H28F4N6O2/c1-4-41-29-25(27(19(2)38-18-37)40-42(29)24-11-6-5-7-12-24)26(20-13-15-23(33)16-14-20)31(3,30(41)44)39-28(43)21-9-8-10-22(17-21)32(34,35)36/h5-17,19,26,38H,4H2,1-3H3,(H,39,43)/t19-,26+,31+/m1/s1. The lowest BCUT2D eigenvalue weighted by atomic mass is 9.71. The fourth-order valence-electron chi connectivity index (χ4n) is 5.72. The first-order chi connectivity index (χ1) is 20.9. The summed E-state index contributed by atoms with van der Waals surface area (Å²) < 4.78 is 56.1. The van der Waals surface area contributed by atoms with E-state index in [-0.39, 0.29) is 12.1 Å². The highest BCUT2D eigenvalue weighted by molar-refractivity contribution is 6.08. The first-order valence-corrected chi connectivity index (χ1v) is 13.8. The Labute approximate surface area is 250 Å². The number of nitrogens with one attached hydrogen (secondary N) is 2. The van der Waals surface area contributed by atoms with Crippen molar-refractivity contribution in [3.63, 3.8) is 0 Å². The molecule has 4 aromatic rings. The van der Waals surface area contributed by atoms with E-state index in [1.807, 2.05) is 12.3 Å². The van der Waals surface area contributed by atoms with Gasteiger partial charge < -0.3 is 10.6 Å². The van der Waals surface area contributed by atoms with Gasteiger partial charge in [0.25, 0.3) is 11.8 Å². The molecule has 0 saturated carbocycles. The summed E-state index contributed by atoms with van der Waals surface area (Å²) in [6.45, 7) is 5.10. The maximum absolute atomic E-state index is 14.5. The number of likely N-dealkylation sites (N-methyl/N-ethyl adjacent to an activating group) is 1. The first kappa shape index (κ1) is 30.3. The minimum Gasteiger partial charge on any atom is -0.337 e. The van der Waals surface area contributed by atoms with Crippen LogP contribution in [0.1, 0.15) is 65.5 Å². The van der Waals surface area contributed by atoms with E-state index in [1.165, 1.54) is 42.2 Å². The summed E-state index contributed by atoms with van der Waals surface area (Å²) >= 11 is 0. The van der Waals surface area contributed by atoms with Gasteiger partial charge in [-0.25, -0.2) is 9.07 Å². The summed E-state index contributed by atoms with van der Waals surface area (Å²) in [7, 11) is 0. The lowest BCUT2D eigenvalue weighted by Crippen LogP contribution is -2.64. The minimum absolute atomic E-state index is 0.148.